The van der Waals surface area contributed by atoms with Crippen molar-refractivity contribution >= 4 is 11.5 Å². The maximum absolute atomic E-state index is 12.8. The highest BCUT2D eigenvalue weighted by atomic mass is 19.4. The molecule has 0 spiro atoms. The zero-order chi connectivity index (χ0) is 14.2. The van der Waals surface area contributed by atoms with Crippen LogP contribution in [0.25, 0.3) is 0 Å². The largest absolute Gasteiger partial charge is 0.417 e. The molecular formula is C13H16F3N3. The molecule has 1 saturated heterocycles. The van der Waals surface area contributed by atoms with E-state index in [2.05, 4.69) is 6.92 Å². The molecule has 0 aromatic heterocycles. The first-order chi connectivity index (χ1) is 8.79. The third-order valence-electron chi connectivity index (χ3n) is 3.39. The predicted octanol–water partition coefficient (Wildman–Crippen LogP) is 2.84. The van der Waals surface area contributed by atoms with Gasteiger partial charge in [0.05, 0.1) is 5.56 Å². The number of halogens is 3. The van der Waals surface area contributed by atoms with Crippen LogP contribution in [0, 0.1) is 11.3 Å². The standard InChI is InChI=1S/C13H16F3N3/c1-8-4-5-19(7-8)9-2-3-11(13(14,15)16)10(6-9)12(17)18/h2-3,6,8H,4-5,7H2,1H3,(H3,17,18). The third-order valence-corrected chi connectivity index (χ3v) is 3.39. The Hall–Kier alpha value is -1.72. The van der Waals surface area contributed by atoms with E-state index in [0.717, 1.165) is 25.6 Å². The van der Waals surface area contributed by atoms with E-state index in [1.165, 1.54) is 12.1 Å². The van der Waals surface area contributed by atoms with Gasteiger partial charge in [0, 0.05) is 24.3 Å². The van der Waals surface area contributed by atoms with Gasteiger partial charge >= 0.3 is 6.18 Å². The molecule has 0 aliphatic carbocycles. The summed E-state index contributed by atoms with van der Waals surface area (Å²) in [6, 6.07) is 3.82. The molecule has 1 unspecified atom stereocenters. The molecule has 6 heteroatoms. The number of nitrogens with one attached hydrogen (secondary N) is 1. The van der Waals surface area contributed by atoms with Crippen molar-refractivity contribution in [1.29, 1.82) is 5.41 Å². The van der Waals surface area contributed by atoms with Gasteiger partial charge in [-0.05, 0) is 30.5 Å². The highest BCUT2D eigenvalue weighted by molar-refractivity contribution is 5.97. The van der Waals surface area contributed by atoms with E-state index in [1.54, 1.807) is 0 Å². The van der Waals surface area contributed by atoms with Crippen molar-refractivity contribution in [3.05, 3.63) is 29.3 Å². The lowest BCUT2D eigenvalue weighted by atomic mass is 10.0. The fourth-order valence-corrected chi connectivity index (χ4v) is 2.37. The summed E-state index contributed by atoms with van der Waals surface area (Å²) in [5.74, 6) is -0.0236. The van der Waals surface area contributed by atoms with Crippen LogP contribution in [0.3, 0.4) is 0 Å². The monoisotopic (exact) mass is 271 g/mol. The van der Waals surface area contributed by atoms with E-state index in [4.69, 9.17) is 11.1 Å². The van der Waals surface area contributed by atoms with Gasteiger partial charge in [-0.25, -0.2) is 0 Å². The number of amidine groups is 1. The van der Waals surface area contributed by atoms with Crippen LogP contribution >= 0.6 is 0 Å². The van der Waals surface area contributed by atoms with Gasteiger partial charge in [0.25, 0.3) is 0 Å². The average molecular weight is 271 g/mol. The first-order valence-electron chi connectivity index (χ1n) is 6.09. The first-order valence-corrected chi connectivity index (χ1v) is 6.09. The molecule has 1 aromatic carbocycles. The molecule has 104 valence electrons. The highest BCUT2D eigenvalue weighted by Crippen LogP contribution is 2.34. The molecule has 1 aliphatic heterocycles. The fraction of sp³-hybridized carbons (Fsp3) is 0.462. The highest BCUT2D eigenvalue weighted by Gasteiger charge is 2.34. The fourth-order valence-electron chi connectivity index (χ4n) is 2.37. The van der Waals surface area contributed by atoms with Gasteiger partial charge < -0.3 is 10.6 Å². The number of anilines is 1. The zero-order valence-electron chi connectivity index (χ0n) is 10.6. The summed E-state index contributed by atoms with van der Waals surface area (Å²) in [5.41, 5.74) is 4.87. The van der Waals surface area contributed by atoms with Crippen molar-refractivity contribution < 1.29 is 13.2 Å². The second kappa shape index (κ2) is 4.75. The molecule has 0 bridgehead atoms. The number of alkyl halides is 3. The van der Waals surface area contributed by atoms with Crippen LogP contribution in [0.4, 0.5) is 18.9 Å². The van der Waals surface area contributed by atoms with Gasteiger partial charge in [0.15, 0.2) is 0 Å². The normalized spacial score (nSPS) is 19.8. The number of nitrogens with two attached hydrogens (primary N) is 1. The van der Waals surface area contributed by atoms with Crippen molar-refractivity contribution in [3.8, 4) is 0 Å². The lowest BCUT2D eigenvalue weighted by molar-refractivity contribution is -0.137. The van der Waals surface area contributed by atoms with Gasteiger partial charge in [-0.15, -0.1) is 0 Å². The summed E-state index contributed by atoms with van der Waals surface area (Å²) in [6.45, 7) is 3.75. The minimum absolute atomic E-state index is 0.246. The van der Waals surface area contributed by atoms with Crippen molar-refractivity contribution in [2.45, 2.75) is 19.5 Å². The van der Waals surface area contributed by atoms with E-state index in [1.807, 2.05) is 4.90 Å². The molecule has 2 rings (SSSR count). The molecule has 1 aromatic rings. The van der Waals surface area contributed by atoms with E-state index in [0.29, 0.717) is 11.6 Å². The lowest BCUT2D eigenvalue weighted by Gasteiger charge is -2.21. The zero-order valence-corrected chi connectivity index (χ0v) is 10.6. The van der Waals surface area contributed by atoms with Gasteiger partial charge in [0.2, 0.25) is 0 Å². The van der Waals surface area contributed by atoms with E-state index in [9.17, 15) is 13.2 Å². The molecule has 3 nitrogen and oxygen atoms in total. The topological polar surface area (TPSA) is 53.1 Å². The number of hydrogen-bond donors (Lipinski definition) is 2. The van der Waals surface area contributed by atoms with Crippen LogP contribution in [0.15, 0.2) is 18.2 Å². The number of rotatable bonds is 2. The SMILES string of the molecule is CC1CCN(c2ccc(C(F)(F)F)c(C(=N)N)c2)C1. The van der Waals surface area contributed by atoms with E-state index in [-0.39, 0.29) is 5.56 Å². The maximum Gasteiger partial charge on any atom is 0.417 e. The molecule has 1 heterocycles. The molecule has 1 aliphatic rings. The van der Waals surface area contributed by atoms with Crippen LogP contribution in [0.5, 0.6) is 0 Å². The van der Waals surface area contributed by atoms with Gasteiger partial charge in [-0.2, -0.15) is 13.2 Å². The van der Waals surface area contributed by atoms with Crippen LogP contribution in [0.1, 0.15) is 24.5 Å². The predicted molar refractivity (Wildman–Crippen MR) is 68.5 cm³/mol. The lowest BCUT2D eigenvalue weighted by Crippen LogP contribution is -2.23. The summed E-state index contributed by atoms with van der Waals surface area (Å²) in [6.07, 6.45) is -3.46. The Labute approximate surface area is 109 Å². The Balaban J connectivity index is 2.39. The summed E-state index contributed by atoms with van der Waals surface area (Å²) >= 11 is 0. The third kappa shape index (κ3) is 2.83. The Bertz CT molecular complexity index is 496. The first kappa shape index (κ1) is 13.7. The van der Waals surface area contributed by atoms with Gasteiger partial charge in [0.1, 0.15) is 5.84 Å². The maximum atomic E-state index is 12.8. The molecule has 19 heavy (non-hydrogen) atoms. The minimum Gasteiger partial charge on any atom is -0.384 e. The van der Waals surface area contributed by atoms with Gasteiger partial charge in [-0.3, -0.25) is 5.41 Å². The summed E-state index contributed by atoms with van der Waals surface area (Å²) in [4.78, 5) is 2.03. The van der Waals surface area contributed by atoms with Crippen molar-refractivity contribution in [1.82, 2.24) is 0 Å². The molecule has 1 fully saturated rings. The second-order valence-corrected chi connectivity index (χ2v) is 4.98. The number of nitrogens with zero attached hydrogens (tertiary/aromatic N) is 1. The molecule has 0 radical (unpaired) electrons. The molecule has 0 amide bonds. The summed E-state index contributed by atoms with van der Waals surface area (Å²) < 4.78 is 38.4. The second-order valence-electron chi connectivity index (χ2n) is 4.98. The number of benzene rings is 1. The van der Waals surface area contributed by atoms with Gasteiger partial charge in [-0.1, -0.05) is 6.92 Å². The van der Waals surface area contributed by atoms with E-state index >= 15 is 0 Å². The van der Waals surface area contributed by atoms with Crippen LogP contribution in [-0.2, 0) is 6.18 Å². The Kier molecular flexibility index (Phi) is 3.43. The minimum atomic E-state index is -4.49. The Morgan fingerprint density at radius 3 is 2.58 bits per heavy atom. The summed E-state index contributed by atoms with van der Waals surface area (Å²) in [7, 11) is 0. The number of hydrogen-bond acceptors (Lipinski definition) is 2. The van der Waals surface area contributed by atoms with Crippen molar-refractivity contribution in [2.75, 3.05) is 18.0 Å². The molecule has 1 atom stereocenters. The molecule has 0 saturated carbocycles. The molecule has 3 N–H and O–H groups in total. The summed E-state index contributed by atoms with van der Waals surface area (Å²) in [5, 5.41) is 7.32. The smallest absolute Gasteiger partial charge is 0.384 e. The number of nitrogen functional groups attached to an aromatic ring is 1. The Morgan fingerprint density at radius 1 is 1.42 bits per heavy atom. The van der Waals surface area contributed by atoms with Crippen LogP contribution in [-0.4, -0.2) is 18.9 Å². The quantitative estimate of drug-likeness (QED) is 0.642. The van der Waals surface area contributed by atoms with Crippen molar-refractivity contribution in [2.24, 2.45) is 11.7 Å². The van der Waals surface area contributed by atoms with E-state index < -0.39 is 17.6 Å². The van der Waals surface area contributed by atoms with Crippen LogP contribution in [0.2, 0.25) is 0 Å². The Morgan fingerprint density at radius 2 is 2.11 bits per heavy atom. The van der Waals surface area contributed by atoms with Crippen LogP contribution < -0.4 is 10.6 Å². The average Bonchev–Trinajstić information content (AvgIpc) is 2.74. The van der Waals surface area contributed by atoms with Crippen molar-refractivity contribution in [3.63, 3.8) is 0 Å². The molecular weight excluding hydrogens is 255 g/mol.